The highest BCUT2D eigenvalue weighted by Crippen LogP contribution is 2.55. The Balaban J connectivity index is 1.29. The summed E-state index contributed by atoms with van der Waals surface area (Å²) in [6.45, 7) is 16.1. The minimum absolute atomic E-state index is 0.0842. The molecule has 0 saturated carbocycles. The van der Waals surface area contributed by atoms with Crippen LogP contribution in [0.25, 0.3) is 10.9 Å². The second-order valence-corrected chi connectivity index (χ2v) is 17.4. The summed E-state index contributed by atoms with van der Waals surface area (Å²) in [6.07, 6.45) is 4.10. The van der Waals surface area contributed by atoms with Crippen molar-refractivity contribution in [3.05, 3.63) is 59.4 Å². The molecule has 13 nitrogen and oxygen atoms in total. The molecule has 0 radical (unpaired) electrons. The summed E-state index contributed by atoms with van der Waals surface area (Å²) in [4.78, 5) is 26.2. The van der Waals surface area contributed by atoms with Crippen LogP contribution in [0.2, 0.25) is 0 Å². The van der Waals surface area contributed by atoms with Crippen molar-refractivity contribution in [2.24, 2.45) is 0 Å². The molecule has 17 heteroatoms. The first kappa shape index (κ1) is 42.0. The lowest BCUT2D eigenvalue weighted by atomic mass is 10.0. The first-order chi connectivity index (χ1) is 24.7. The Kier molecular flexibility index (Phi) is 13.9. The number of phosphoric acid groups is 1. The van der Waals surface area contributed by atoms with Gasteiger partial charge in [-0.1, -0.05) is 6.07 Å². The maximum Gasteiger partial charge on any atom is 0.475 e. The van der Waals surface area contributed by atoms with E-state index in [9.17, 15) is 18.1 Å². The van der Waals surface area contributed by atoms with Crippen molar-refractivity contribution < 1.29 is 41.2 Å². The van der Waals surface area contributed by atoms with Crippen molar-refractivity contribution in [3.63, 3.8) is 0 Å². The molecule has 2 aromatic carbocycles. The van der Waals surface area contributed by atoms with Crippen LogP contribution in [0.3, 0.4) is 0 Å². The third kappa shape index (κ3) is 13.2. The predicted molar refractivity (Wildman–Crippen MR) is 202 cm³/mol. The predicted octanol–water partition coefficient (Wildman–Crippen LogP) is 8.58. The molecule has 4 aromatic rings. The number of fused-ring (bicyclic) bond motifs is 1. The Bertz CT molecular complexity index is 1900. The van der Waals surface area contributed by atoms with Gasteiger partial charge in [-0.2, -0.15) is 0 Å². The van der Waals surface area contributed by atoms with Crippen LogP contribution in [0, 0.1) is 11.6 Å². The molecule has 0 bridgehead atoms. The van der Waals surface area contributed by atoms with Crippen molar-refractivity contribution in [2.75, 3.05) is 37.5 Å². The summed E-state index contributed by atoms with van der Waals surface area (Å²) in [6, 6.07) is 7.13. The maximum absolute atomic E-state index is 14.0. The Hall–Kier alpha value is -3.79. The van der Waals surface area contributed by atoms with Crippen molar-refractivity contribution in [3.8, 4) is 11.5 Å². The number of rotatable bonds is 18. The van der Waals surface area contributed by atoms with Gasteiger partial charge in [-0.05, 0) is 93.0 Å². The minimum Gasteiger partial charge on any atom is -0.493 e. The van der Waals surface area contributed by atoms with E-state index in [1.165, 1.54) is 36.0 Å². The highest BCUT2D eigenvalue weighted by atomic mass is 32.1. The zero-order chi connectivity index (χ0) is 39.0. The highest BCUT2D eigenvalue weighted by Gasteiger charge is 2.37. The molecule has 0 aliphatic rings. The van der Waals surface area contributed by atoms with E-state index in [1.807, 2.05) is 13.8 Å². The molecule has 4 rings (SSSR count). The van der Waals surface area contributed by atoms with Gasteiger partial charge in [-0.15, -0.1) is 11.3 Å². The third-order valence-electron chi connectivity index (χ3n) is 7.19. The summed E-state index contributed by atoms with van der Waals surface area (Å²) in [5.74, 6) is -1.21. The number of halogens is 2. The fourth-order valence-electron chi connectivity index (χ4n) is 4.86. The smallest absolute Gasteiger partial charge is 0.475 e. The molecule has 2 heterocycles. The SMILES string of the molecule is COc1cc2c(Nc3ncc(CC(=O)Nc4cccc(F)c4F)s3)ncnc2cc1OCCCNC(C)(C)CCOP(=O)(OC(C)(C)C)OC(C)(C)C. The van der Waals surface area contributed by atoms with Gasteiger partial charge in [0.25, 0.3) is 0 Å². The van der Waals surface area contributed by atoms with Crippen molar-refractivity contribution in [1.82, 2.24) is 20.3 Å². The number of nitrogens with zero attached hydrogens (tertiary/aromatic N) is 3. The Morgan fingerprint density at radius 2 is 1.66 bits per heavy atom. The topological polar surface area (TPSA) is 155 Å². The lowest BCUT2D eigenvalue weighted by Crippen LogP contribution is -2.41. The van der Waals surface area contributed by atoms with Crippen molar-refractivity contribution in [1.29, 1.82) is 0 Å². The molecule has 0 saturated heterocycles. The summed E-state index contributed by atoms with van der Waals surface area (Å²) < 4.78 is 69.6. The van der Waals surface area contributed by atoms with Gasteiger partial charge in [-0.3, -0.25) is 18.4 Å². The van der Waals surface area contributed by atoms with E-state index in [0.717, 1.165) is 6.07 Å². The second kappa shape index (κ2) is 17.6. The molecule has 0 atom stereocenters. The van der Waals surface area contributed by atoms with Gasteiger partial charge in [-0.25, -0.2) is 28.3 Å². The molecular weight excluding hydrogens is 729 g/mol. The number of thiazole rings is 1. The molecular formula is C36H49F2N6O7PS. The molecule has 0 aliphatic heterocycles. The largest absolute Gasteiger partial charge is 0.493 e. The molecule has 3 N–H and O–H groups in total. The number of amides is 1. The van der Waals surface area contributed by atoms with E-state index in [0.29, 0.717) is 64.2 Å². The number of carbonyl (C=O) groups is 1. The highest BCUT2D eigenvalue weighted by molar-refractivity contribution is 7.48. The number of nitrogens with one attached hydrogen (secondary N) is 3. The van der Waals surface area contributed by atoms with Crippen LogP contribution in [0.5, 0.6) is 11.5 Å². The quantitative estimate of drug-likeness (QED) is 0.0655. The zero-order valence-corrected chi connectivity index (χ0v) is 33.3. The maximum atomic E-state index is 14.0. The molecule has 0 fully saturated rings. The summed E-state index contributed by atoms with van der Waals surface area (Å²) in [5.41, 5.74) is -1.37. The van der Waals surface area contributed by atoms with Gasteiger partial charge in [0.1, 0.15) is 12.1 Å². The average Bonchev–Trinajstić information content (AvgIpc) is 3.47. The van der Waals surface area contributed by atoms with Crippen LogP contribution in [0.15, 0.2) is 42.9 Å². The first-order valence-electron chi connectivity index (χ1n) is 17.1. The number of hydrogen-bond donors (Lipinski definition) is 3. The van der Waals surface area contributed by atoms with Crippen molar-refractivity contribution in [2.45, 2.75) is 91.4 Å². The normalized spacial score (nSPS) is 12.6. The summed E-state index contributed by atoms with van der Waals surface area (Å²) in [5, 5.41) is 10.2. The lowest BCUT2D eigenvalue weighted by molar-refractivity contribution is -0.115. The first-order valence-corrected chi connectivity index (χ1v) is 19.3. The third-order valence-corrected chi connectivity index (χ3v) is 10.1. The average molecular weight is 779 g/mol. The molecule has 53 heavy (non-hydrogen) atoms. The Labute approximate surface area is 313 Å². The summed E-state index contributed by atoms with van der Waals surface area (Å²) in [7, 11) is -2.24. The fourth-order valence-corrected chi connectivity index (χ4v) is 7.47. The zero-order valence-electron chi connectivity index (χ0n) is 31.6. The standard InChI is InChI=1S/C36H49F2N6O7PS/c1-34(2,3)50-52(46,51-35(4,5)6)49-17-14-36(7,8)42-15-11-16-48-29-20-27-24(19-28(29)47-9)32(41-22-40-27)44-33-39-21-23(53-33)18-30(45)43-26-13-10-12-25(37)31(26)38/h10,12-13,19-22,42H,11,14-18H2,1-9H3,(H,43,45)(H,39,40,41,44). The van der Waals surface area contributed by atoms with Crippen LogP contribution in [-0.4, -0.2) is 64.5 Å². The van der Waals surface area contributed by atoms with Gasteiger partial charge in [0, 0.05) is 28.1 Å². The van der Waals surface area contributed by atoms with Crippen LogP contribution in [-0.2, 0) is 29.4 Å². The van der Waals surface area contributed by atoms with Gasteiger partial charge in [0.15, 0.2) is 28.3 Å². The number of phosphoric ester groups is 1. The van der Waals surface area contributed by atoms with Crippen LogP contribution < -0.4 is 25.4 Å². The van der Waals surface area contributed by atoms with E-state index in [-0.39, 0.29) is 24.3 Å². The van der Waals surface area contributed by atoms with Gasteiger partial charge in [0.05, 0.1) is 49.2 Å². The van der Waals surface area contributed by atoms with Gasteiger partial charge < -0.3 is 25.4 Å². The van der Waals surface area contributed by atoms with Crippen LogP contribution in [0.1, 0.15) is 73.1 Å². The van der Waals surface area contributed by atoms with E-state index in [4.69, 9.17) is 23.0 Å². The number of aromatic nitrogens is 3. The van der Waals surface area contributed by atoms with Crippen LogP contribution in [0.4, 0.5) is 25.4 Å². The monoisotopic (exact) mass is 778 g/mol. The van der Waals surface area contributed by atoms with Gasteiger partial charge in [0.2, 0.25) is 5.91 Å². The molecule has 1 amide bonds. The Morgan fingerprint density at radius 1 is 0.943 bits per heavy atom. The van der Waals surface area contributed by atoms with Crippen LogP contribution >= 0.6 is 19.2 Å². The van der Waals surface area contributed by atoms with Crippen molar-refractivity contribution >= 4 is 52.6 Å². The summed E-state index contributed by atoms with van der Waals surface area (Å²) >= 11 is 1.22. The lowest BCUT2D eigenvalue weighted by Gasteiger charge is -2.32. The van der Waals surface area contributed by atoms with E-state index in [2.05, 4.69) is 30.9 Å². The van der Waals surface area contributed by atoms with Gasteiger partial charge >= 0.3 is 7.82 Å². The molecule has 290 valence electrons. The number of anilines is 3. The number of ether oxygens (including phenoxy) is 2. The molecule has 0 aliphatic carbocycles. The second-order valence-electron chi connectivity index (χ2n) is 14.8. The number of benzene rings is 2. The fraction of sp³-hybridized carbons (Fsp3) is 0.500. The molecule has 2 aromatic heterocycles. The Morgan fingerprint density at radius 3 is 2.34 bits per heavy atom. The minimum atomic E-state index is -3.79. The van der Waals surface area contributed by atoms with E-state index in [1.54, 1.807) is 60.8 Å². The number of methoxy groups -OCH3 is 1. The molecule has 0 spiro atoms. The van der Waals surface area contributed by atoms with E-state index < -0.39 is 36.6 Å². The number of hydrogen-bond acceptors (Lipinski definition) is 13. The number of carbonyl (C=O) groups excluding carboxylic acids is 1. The van der Waals surface area contributed by atoms with E-state index >= 15 is 0 Å². The molecule has 0 unspecified atom stereocenters.